The number of para-hydroxylation sites is 1. The Hall–Kier alpha value is -3.97. The number of nitrogens with zero attached hydrogens (tertiary/aromatic N) is 1. The van der Waals surface area contributed by atoms with Gasteiger partial charge in [-0.3, -0.25) is 0 Å². The van der Waals surface area contributed by atoms with Crippen LogP contribution in [-0.2, 0) is 9.59 Å². The highest BCUT2D eigenvalue weighted by atomic mass is 19.1. The summed E-state index contributed by atoms with van der Waals surface area (Å²) in [5.74, 6) is -0.829. The number of rotatable bonds is 10. The molecular weight excluding hydrogens is 485 g/mol. The van der Waals surface area contributed by atoms with Crippen LogP contribution in [0.25, 0.3) is 0 Å². The van der Waals surface area contributed by atoms with Crippen molar-refractivity contribution < 1.29 is 28.9 Å². The van der Waals surface area contributed by atoms with E-state index >= 15 is 0 Å². The summed E-state index contributed by atoms with van der Waals surface area (Å²) in [5, 5.41) is 15.6. The minimum absolute atomic E-state index is 0.168. The summed E-state index contributed by atoms with van der Waals surface area (Å²) in [7, 11) is 0. The summed E-state index contributed by atoms with van der Waals surface area (Å²) >= 11 is 0. The Balaban J connectivity index is 0.000000436. The molecule has 1 atom stereocenters. The molecule has 1 aliphatic rings. The third kappa shape index (κ3) is 9.82. The van der Waals surface area contributed by atoms with Gasteiger partial charge in [0.25, 0.3) is 0 Å². The third-order valence-electron chi connectivity index (χ3n) is 6.49. The van der Waals surface area contributed by atoms with Gasteiger partial charge in [0, 0.05) is 24.6 Å². The lowest BCUT2D eigenvalue weighted by Gasteiger charge is -2.36. The van der Waals surface area contributed by atoms with Gasteiger partial charge in [-0.25, -0.2) is 14.0 Å². The summed E-state index contributed by atoms with van der Waals surface area (Å²) < 4.78 is 19.3. The van der Waals surface area contributed by atoms with Crippen molar-refractivity contribution in [1.29, 1.82) is 0 Å². The number of hydrogen-bond acceptors (Lipinski definition) is 4. The molecule has 2 N–H and O–H groups in total. The Morgan fingerprint density at radius 2 is 1.37 bits per heavy atom. The van der Waals surface area contributed by atoms with Crippen molar-refractivity contribution in [3.63, 3.8) is 0 Å². The second kappa shape index (κ2) is 15.3. The Morgan fingerprint density at radius 3 is 1.92 bits per heavy atom. The zero-order valence-electron chi connectivity index (χ0n) is 21.3. The van der Waals surface area contributed by atoms with Gasteiger partial charge in [-0.1, -0.05) is 60.7 Å². The molecule has 0 spiro atoms. The van der Waals surface area contributed by atoms with Gasteiger partial charge in [-0.15, -0.1) is 0 Å². The van der Waals surface area contributed by atoms with Crippen molar-refractivity contribution in [3.8, 4) is 5.75 Å². The standard InChI is InChI=1S/C27H30FNO.C4H4O4/c28-25-14-12-23(13-15-25)27(22-8-3-1-4-9-22)24-16-19-29(20-17-24)18-7-21-30-26-10-5-2-6-11-26;5-3(6)1-2-4(7)8/h1-6,8-15,24,27H,7,16-21H2;1-2H,(H,5,6)(H,7,8). The van der Waals surface area contributed by atoms with E-state index < -0.39 is 11.9 Å². The summed E-state index contributed by atoms with van der Waals surface area (Å²) in [6, 6.07) is 27.8. The van der Waals surface area contributed by atoms with E-state index in [0.29, 0.717) is 24.0 Å². The van der Waals surface area contributed by atoms with E-state index in [1.165, 1.54) is 11.1 Å². The number of ether oxygens (including phenoxy) is 1. The van der Waals surface area contributed by atoms with E-state index in [2.05, 4.69) is 35.2 Å². The Bertz CT molecular complexity index is 1130. The molecule has 6 nitrogen and oxygen atoms in total. The van der Waals surface area contributed by atoms with Crippen molar-refractivity contribution in [1.82, 2.24) is 4.90 Å². The lowest BCUT2D eigenvalue weighted by Crippen LogP contribution is -2.36. The molecule has 4 rings (SSSR count). The van der Waals surface area contributed by atoms with Gasteiger partial charge in [0.05, 0.1) is 6.61 Å². The molecule has 0 amide bonds. The molecule has 1 saturated heterocycles. The summed E-state index contributed by atoms with van der Waals surface area (Å²) in [5.41, 5.74) is 2.55. The fraction of sp³-hybridized carbons (Fsp3) is 0.290. The Kier molecular flexibility index (Phi) is 11.5. The van der Waals surface area contributed by atoms with Crippen LogP contribution in [0, 0.1) is 11.7 Å². The maximum absolute atomic E-state index is 13.5. The molecule has 38 heavy (non-hydrogen) atoms. The lowest BCUT2D eigenvalue weighted by atomic mass is 9.76. The summed E-state index contributed by atoms with van der Waals surface area (Å²) in [4.78, 5) is 21.7. The van der Waals surface area contributed by atoms with Crippen LogP contribution in [0.2, 0.25) is 0 Å². The van der Waals surface area contributed by atoms with Crippen LogP contribution in [0.15, 0.2) is 97.1 Å². The monoisotopic (exact) mass is 519 g/mol. The molecule has 1 unspecified atom stereocenters. The number of halogens is 1. The number of likely N-dealkylation sites (tertiary alicyclic amines) is 1. The highest BCUT2D eigenvalue weighted by molar-refractivity contribution is 5.89. The van der Waals surface area contributed by atoms with Crippen molar-refractivity contribution >= 4 is 11.9 Å². The number of carbonyl (C=O) groups is 2. The first-order valence-electron chi connectivity index (χ1n) is 12.8. The second-order valence-electron chi connectivity index (χ2n) is 9.14. The van der Waals surface area contributed by atoms with Crippen LogP contribution in [-0.4, -0.2) is 53.3 Å². The van der Waals surface area contributed by atoms with Gasteiger partial charge >= 0.3 is 11.9 Å². The Labute approximate surface area is 223 Å². The van der Waals surface area contributed by atoms with Gasteiger partial charge < -0.3 is 19.8 Å². The van der Waals surface area contributed by atoms with Crippen molar-refractivity contribution in [2.75, 3.05) is 26.2 Å². The highest BCUT2D eigenvalue weighted by Gasteiger charge is 2.28. The van der Waals surface area contributed by atoms with E-state index in [0.717, 1.165) is 51.3 Å². The molecule has 0 aliphatic carbocycles. The van der Waals surface area contributed by atoms with Crippen molar-refractivity contribution in [3.05, 3.63) is 114 Å². The Morgan fingerprint density at radius 1 is 0.842 bits per heavy atom. The first-order valence-corrected chi connectivity index (χ1v) is 12.8. The number of benzene rings is 3. The number of carboxylic acids is 2. The number of hydrogen-bond donors (Lipinski definition) is 2. The molecule has 0 bridgehead atoms. The minimum Gasteiger partial charge on any atom is -0.494 e. The number of aliphatic carboxylic acids is 2. The van der Waals surface area contributed by atoms with E-state index in [9.17, 15) is 14.0 Å². The highest BCUT2D eigenvalue weighted by Crippen LogP contribution is 2.38. The average Bonchev–Trinajstić information content (AvgIpc) is 2.93. The number of carboxylic acid groups (broad SMARTS) is 2. The lowest BCUT2D eigenvalue weighted by molar-refractivity contribution is -0.134. The zero-order valence-corrected chi connectivity index (χ0v) is 21.3. The molecule has 0 aromatic heterocycles. The van der Waals surface area contributed by atoms with Crippen LogP contribution >= 0.6 is 0 Å². The molecule has 1 fully saturated rings. The molecule has 7 heteroatoms. The maximum Gasteiger partial charge on any atom is 0.328 e. The van der Waals surface area contributed by atoms with E-state index in [4.69, 9.17) is 14.9 Å². The van der Waals surface area contributed by atoms with Crippen LogP contribution in [0.3, 0.4) is 0 Å². The van der Waals surface area contributed by atoms with E-state index in [1.807, 2.05) is 42.5 Å². The van der Waals surface area contributed by atoms with Gasteiger partial charge in [-0.05, 0) is 73.7 Å². The van der Waals surface area contributed by atoms with E-state index in [-0.39, 0.29) is 5.82 Å². The van der Waals surface area contributed by atoms with Gasteiger partial charge in [0.15, 0.2) is 0 Å². The molecule has 0 saturated carbocycles. The first-order chi connectivity index (χ1) is 18.4. The summed E-state index contributed by atoms with van der Waals surface area (Å²) in [6.45, 7) is 4.05. The second-order valence-corrected chi connectivity index (χ2v) is 9.14. The van der Waals surface area contributed by atoms with Crippen LogP contribution in [0.5, 0.6) is 5.75 Å². The molecular formula is C31H34FNO5. The van der Waals surface area contributed by atoms with Gasteiger partial charge in [0.2, 0.25) is 0 Å². The van der Waals surface area contributed by atoms with E-state index in [1.54, 1.807) is 12.1 Å². The molecule has 3 aromatic carbocycles. The van der Waals surface area contributed by atoms with Crippen LogP contribution < -0.4 is 4.74 Å². The third-order valence-corrected chi connectivity index (χ3v) is 6.49. The number of piperidine rings is 1. The normalized spacial score (nSPS) is 14.9. The van der Waals surface area contributed by atoms with Crippen LogP contribution in [0.4, 0.5) is 4.39 Å². The maximum atomic E-state index is 13.5. The van der Waals surface area contributed by atoms with Gasteiger partial charge in [0.1, 0.15) is 11.6 Å². The van der Waals surface area contributed by atoms with Crippen molar-refractivity contribution in [2.45, 2.75) is 25.2 Å². The van der Waals surface area contributed by atoms with Gasteiger partial charge in [-0.2, -0.15) is 0 Å². The first kappa shape index (κ1) is 28.6. The predicted octanol–water partition coefficient (Wildman–Crippen LogP) is 5.85. The molecule has 0 radical (unpaired) electrons. The molecule has 200 valence electrons. The SMILES string of the molecule is Fc1ccc(C(c2ccccc2)C2CCN(CCCOc3ccccc3)CC2)cc1.O=C(O)C=CC(=O)O. The molecule has 1 heterocycles. The fourth-order valence-electron chi connectivity index (χ4n) is 4.71. The predicted molar refractivity (Wildman–Crippen MR) is 145 cm³/mol. The average molecular weight is 520 g/mol. The molecule has 3 aromatic rings. The topological polar surface area (TPSA) is 87.1 Å². The minimum atomic E-state index is -1.26. The fourth-order valence-corrected chi connectivity index (χ4v) is 4.71. The van der Waals surface area contributed by atoms with Crippen molar-refractivity contribution in [2.24, 2.45) is 5.92 Å². The smallest absolute Gasteiger partial charge is 0.328 e. The quantitative estimate of drug-likeness (QED) is 0.258. The zero-order chi connectivity index (χ0) is 27.2. The van der Waals surface area contributed by atoms with Crippen LogP contribution in [0.1, 0.15) is 36.3 Å². The molecule has 1 aliphatic heterocycles. The summed E-state index contributed by atoms with van der Waals surface area (Å²) in [6.07, 6.45) is 4.48. The largest absolute Gasteiger partial charge is 0.494 e.